The number of nitrogens with one attached hydrogen (secondary N) is 1. The van der Waals surface area contributed by atoms with Gasteiger partial charge in [0.15, 0.2) is 0 Å². The zero-order chi connectivity index (χ0) is 20.5. The molecule has 6 nitrogen and oxygen atoms in total. The first-order valence-corrected chi connectivity index (χ1v) is 10.7. The van der Waals surface area contributed by atoms with Crippen LogP contribution in [0.3, 0.4) is 0 Å². The molecule has 3 aromatic rings. The number of hydrogen-bond acceptors (Lipinski definition) is 7. The maximum absolute atomic E-state index is 12.8. The highest BCUT2D eigenvalue weighted by molar-refractivity contribution is 8.26. The average Bonchev–Trinajstić information content (AvgIpc) is 3.29. The summed E-state index contributed by atoms with van der Waals surface area (Å²) < 4.78 is 5.43. The van der Waals surface area contributed by atoms with Crippen molar-refractivity contribution in [3.8, 4) is 0 Å². The molecule has 1 saturated heterocycles. The fourth-order valence-corrected chi connectivity index (χ4v) is 4.97. The van der Waals surface area contributed by atoms with Gasteiger partial charge < -0.3 is 9.73 Å². The largest absolute Gasteiger partial charge is 0.423 e. The van der Waals surface area contributed by atoms with E-state index in [2.05, 4.69) is 5.32 Å². The van der Waals surface area contributed by atoms with Crippen molar-refractivity contribution in [2.24, 2.45) is 0 Å². The van der Waals surface area contributed by atoms with Crippen molar-refractivity contribution in [1.29, 1.82) is 0 Å². The van der Waals surface area contributed by atoms with Gasteiger partial charge in [0.2, 0.25) is 5.91 Å². The van der Waals surface area contributed by atoms with Gasteiger partial charge in [0, 0.05) is 22.0 Å². The molecule has 1 aliphatic rings. The summed E-state index contributed by atoms with van der Waals surface area (Å²) in [5.41, 5.74) is 0.523. The maximum Gasteiger partial charge on any atom is 0.336 e. The molecule has 1 aliphatic heterocycles. The van der Waals surface area contributed by atoms with E-state index in [1.54, 1.807) is 37.3 Å². The average molecular weight is 443 g/mol. The zero-order valence-electron chi connectivity index (χ0n) is 15.1. The Balaban J connectivity index is 1.51. The third kappa shape index (κ3) is 4.02. The summed E-state index contributed by atoms with van der Waals surface area (Å²) in [6.45, 7) is 1.63. The Morgan fingerprint density at radius 2 is 2.07 bits per heavy atom. The SMILES string of the molecule is C[C@@H](C(=O)Nc1ccc2oc(=O)ccc2c1)N1C(=O)/C(=C/c2cccs2)SC1=S. The summed E-state index contributed by atoms with van der Waals surface area (Å²) in [5, 5.41) is 5.40. The van der Waals surface area contributed by atoms with Crippen LogP contribution in [0, 0.1) is 0 Å². The number of fused-ring (bicyclic) bond motifs is 1. The smallest absolute Gasteiger partial charge is 0.336 e. The minimum Gasteiger partial charge on any atom is -0.423 e. The Labute approximate surface area is 179 Å². The molecule has 0 aliphatic carbocycles. The molecular formula is C20H14N2O4S3. The van der Waals surface area contributed by atoms with Gasteiger partial charge in [-0.25, -0.2) is 4.79 Å². The third-order valence-electron chi connectivity index (χ3n) is 4.29. The van der Waals surface area contributed by atoms with Crippen LogP contribution in [0.1, 0.15) is 11.8 Å². The highest BCUT2D eigenvalue weighted by Gasteiger charge is 2.38. The quantitative estimate of drug-likeness (QED) is 0.373. The zero-order valence-corrected chi connectivity index (χ0v) is 17.5. The van der Waals surface area contributed by atoms with Crippen LogP contribution in [-0.2, 0) is 9.59 Å². The number of rotatable bonds is 4. The molecular weight excluding hydrogens is 428 g/mol. The lowest BCUT2D eigenvalue weighted by Gasteiger charge is -2.22. The summed E-state index contributed by atoms with van der Waals surface area (Å²) in [6, 6.07) is 10.9. The van der Waals surface area contributed by atoms with Gasteiger partial charge in [-0.2, -0.15) is 0 Å². The van der Waals surface area contributed by atoms with E-state index >= 15 is 0 Å². The molecule has 2 amide bonds. The molecule has 29 heavy (non-hydrogen) atoms. The number of anilines is 1. The van der Waals surface area contributed by atoms with E-state index in [1.165, 1.54) is 34.1 Å². The highest BCUT2D eigenvalue weighted by atomic mass is 32.2. The third-order valence-corrected chi connectivity index (χ3v) is 6.44. The Kier molecular flexibility index (Phi) is 5.35. The molecule has 146 valence electrons. The van der Waals surface area contributed by atoms with Crippen molar-refractivity contribution >= 4 is 74.2 Å². The van der Waals surface area contributed by atoms with Gasteiger partial charge >= 0.3 is 5.63 Å². The molecule has 0 saturated carbocycles. The van der Waals surface area contributed by atoms with Gasteiger partial charge in [0.1, 0.15) is 15.9 Å². The van der Waals surface area contributed by atoms with Crippen molar-refractivity contribution in [3.05, 3.63) is 68.0 Å². The predicted octanol–water partition coefficient (Wildman–Crippen LogP) is 4.08. The molecule has 0 spiro atoms. The van der Waals surface area contributed by atoms with Gasteiger partial charge in [-0.15, -0.1) is 11.3 Å². The number of hydrogen-bond donors (Lipinski definition) is 1. The first-order chi connectivity index (χ1) is 13.9. The summed E-state index contributed by atoms with van der Waals surface area (Å²) in [4.78, 5) is 39.6. The number of carbonyl (C=O) groups is 2. The number of thioether (sulfide) groups is 1. The molecule has 4 rings (SSSR count). The molecule has 0 unspecified atom stereocenters. The maximum atomic E-state index is 12.8. The molecule has 1 atom stereocenters. The van der Waals surface area contributed by atoms with E-state index in [1.807, 2.05) is 17.5 Å². The van der Waals surface area contributed by atoms with Crippen LogP contribution in [0.15, 0.2) is 62.0 Å². The second kappa shape index (κ2) is 7.94. The molecule has 1 fully saturated rings. The van der Waals surface area contributed by atoms with E-state index in [9.17, 15) is 14.4 Å². The van der Waals surface area contributed by atoms with Crippen molar-refractivity contribution in [2.75, 3.05) is 5.32 Å². The van der Waals surface area contributed by atoms with Gasteiger partial charge in [0.05, 0.1) is 4.91 Å². The van der Waals surface area contributed by atoms with Crippen LogP contribution in [0.25, 0.3) is 17.0 Å². The predicted molar refractivity (Wildman–Crippen MR) is 120 cm³/mol. The number of amides is 2. The Morgan fingerprint density at radius 1 is 1.24 bits per heavy atom. The molecule has 9 heteroatoms. The van der Waals surface area contributed by atoms with Gasteiger partial charge in [-0.1, -0.05) is 30.0 Å². The van der Waals surface area contributed by atoms with Crippen molar-refractivity contribution < 1.29 is 14.0 Å². The lowest BCUT2D eigenvalue weighted by atomic mass is 10.2. The standard InChI is InChI=1S/C20H14N2O4S3/c1-11(22-19(25)16(29-20(22)27)10-14-3-2-8-28-14)18(24)21-13-5-6-15-12(9-13)4-7-17(23)26-15/h2-11H,1H3,(H,21,24)/b16-10-/t11-/m0/s1. The second-order valence-corrected chi connectivity index (χ2v) is 8.89. The van der Waals surface area contributed by atoms with Crippen molar-refractivity contribution in [1.82, 2.24) is 4.90 Å². The normalized spacial score (nSPS) is 16.6. The van der Waals surface area contributed by atoms with Crippen LogP contribution in [-0.4, -0.2) is 27.1 Å². The fraction of sp³-hybridized carbons (Fsp3) is 0.100. The van der Waals surface area contributed by atoms with Crippen molar-refractivity contribution in [2.45, 2.75) is 13.0 Å². The number of benzene rings is 1. The molecule has 3 heterocycles. The topological polar surface area (TPSA) is 79.6 Å². The van der Waals surface area contributed by atoms with Gasteiger partial charge in [-0.3, -0.25) is 14.5 Å². The van der Waals surface area contributed by atoms with E-state index in [-0.39, 0.29) is 11.8 Å². The minimum atomic E-state index is -0.777. The molecule has 0 radical (unpaired) electrons. The minimum absolute atomic E-state index is 0.281. The molecule has 2 aromatic heterocycles. The van der Waals surface area contributed by atoms with E-state index in [4.69, 9.17) is 16.6 Å². The van der Waals surface area contributed by atoms with E-state index in [0.717, 1.165) is 4.88 Å². The summed E-state index contributed by atoms with van der Waals surface area (Å²) in [7, 11) is 0. The van der Waals surface area contributed by atoms with Gasteiger partial charge in [0.25, 0.3) is 5.91 Å². The Hall–Kier alpha value is -2.75. The summed E-state index contributed by atoms with van der Waals surface area (Å²) >= 11 is 8.05. The number of carbonyl (C=O) groups excluding carboxylic acids is 2. The second-order valence-electron chi connectivity index (χ2n) is 6.24. The van der Waals surface area contributed by atoms with Gasteiger partial charge in [-0.05, 0) is 48.7 Å². The van der Waals surface area contributed by atoms with Crippen molar-refractivity contribution in [3.63, 3.8) is 0 Å². The van der Waals surface area contributed by atoms with Crippen LogP contribution in [0.5, 0.6) is 0 Å². The number of thiocarbonyl (C=S) groups is 1. The Morgan fingerprint density at radius 3 is 2.83 bits per heavy atom. The van der Waals surface area contributed by atoms with Crippen LogP contribution in [0.4, 0.5) is 5.69 Å². The van der Waals surface area contributed by atoms with Crippen LogP contribution in [0.2, 0.25) is 0 Å². The first kappa shape index (κ1) is 19.6. The van der Waals surface area contributed by atoms with E-state index < -0.39 is 11.7 Å². The van der Waals surface area contributed by atoms with E-state index in [0.29, 0.717) is 25.9 Å². The summed E-state index contributed by atoms with van der Waals surface area (Å²) in [5.74, 6) is -0.647. The summed E-state index contributed by atoms with van der Waals surface area (Å²) in [6.07, 6.45) is 1.78. The Bertz CT molecular complexity index is 1210. The fourth-order valence-electron chi connectivity index (χ4n) is 2.83. The lowest BCUT2D eigenvalue weighted by Crippen LogP contribution is -2.44. The number of thiophene rings is 1. The molecule has 1 aromatic carbocycles. The van der Waals surface area contributed by atoms with Crippen LogP contribution < -0.4 is 10.9 Å². The highest BCUT2D eigenvalue weighted by Crippen LogP contribution is 2.34. The monoisotopic (exact) mass is 442 g/mol. The molecule has 1 N–H and O–H groups in total. The van der Waals surface area contributed by atoms with Crippen LogP contribution >= 0.6 is 35.3 Å². The molecule has 0 bridgehead atoms. The lowest BCUT2D eigenvalue weighted by molar-refractivity contribution is -0.129. The first-order valence-electron chi connectivity index (χ1n) is 8.58. The number of nitrogens with zero attached hydrogens (tertiary/aromatic N) is 1.